The third-order valence-electron chi connectivity index (χ3n) is 3.89. The van der Waals surface area contributed by atoms with Crippen molar-refractivity contribution in [3.05, 3.63) is 22.9 Å². The Morgan fingerprint density at radius 2 is 2.06 bits per heavy atom. The third-order valence-corrected chi connectivity index (χ3v) is 3.89. The summed E-state index contributed by atoms with van der Waals surface area (Å²) in [6.45, 7) is 0.530. The molecule has 0 aromatic carbocycles. The van der Waals surface area contributed by atoms with Crippen LogP contribution in [0, 0.1) is 0 Å². The van der Waals surface area contributed by atoms with Crippen LogP contribution in [0.1, 0.15) is 48.9 Å². The Hall–Kier alpha value is -1.09. The van der Waals surface area contributed by atoms with Gasteiger partial charge in [0.1, 0.15) is 6.10 Å². The average molecular weight is 232 g/mol. The molecule has 2 aliphatic carbocycles. The first kappa shape index (κ1) is 11.0. The van der Waals surface area contributed by atoms with E-state index in [4.69, 9.17) is 10.5 Å². The summed E-state index contributed by atoms with van der Waals surface area (Å²) in [5.41, 5.74) is 9.49. The molecule has 1 aromatic heterocycles. The lowest BCUT2D eigenvalue weighted by Gasteiger charge is -2.16. The van der Waals surface area contributed by atoms with E-state index in [9.17, 15) is 0 Å². The lowest BCUT2D eigenvalue weighted by molar-refractivity contribution is 0.199. The zero-order valence-electron chi connectivity index (χ0n) is 10.2. The van der Waals surface area contributed by atoms with Gasteiger partial charge in [-0.2, -0.15) is 0 Å². The van der Waals surface area contributed by atoms with E-state index in [0.717, 1.165) is 24.3 Å². The van der Waals surface area contributed by atoms with Crippen molar-refractivity contribution < 1.29 is 4.74 Å². The number of aromatic nitrogens is 1. The van der Waals surface area contributed by atoms with Crippen LogP contribution >= 0.6 is 0 Å². The molecule has 2 aliphatic rings. The first-order valence-corrected chi connectivity index (χ1v) is 6.75. The van der Waals surface area contributed by atoms with Crippen LogP contribution in [-0.2, 0) is 19.4 Å². The maximum Gasteiger partial charge on any atom is 0.218 e. The summed E-state index contributed by atoms with van der Waals surface area (Å²) in [6, 6.07) is 2.21. The van der Waals surface area contributed by atoms with Crippen LogP contribution in [0.15, 0.2) is 6.07 Å². The van der Waals surface area contributed by atoms with Crippen molar-refractivity contribution in [2.24, 2.45) is 5.73 Å². The van der Waals surface area contributed by atoms with Crippen LogP contribution in [0.3, 0.4) is 0 Å². The number of hydrogen-bond donors (Lipinski definition) is 1. The van der Waals surface area contributed by atoms with Gasteiger partial charge in [0.15, 0.2) is 0 Å². The Balaban J connectivity index is 1.86. The summed E-state index contributed by atoms with van der Waals surface area (Å²) >= 11 is 0. The number of hydrogen-bond acceptors (Lipinski definition) is 3. The Bertz CT molecular complexity index is 411. The summed E-state index contributed by atoms with van der Waals surface area (Å²) in [7, 11) is 0. The molecule has 3 heteroatoms. The van der Waals surface area contributed by atoms with Gasteiger partial charge in [0.25, 0.3) is 0 Å². The van der Waals surface area contributed by atoms with Gasteiger partial charge in [0.05, 0.1) is 0 Å². The number of pyridine rings is 1. The molecule has 1 heterocycles. The van der Waals surface area contributed by atoms with Crippen LogP contribution in [0.5, 0.6) is 5.88 Å². The zero-order valence-corrected chi connectivity index (χ0v) is 10.2. The highest BCUT2D eigenvalue weighted by Gasteiger charge is 2.21. The van der Waals surface area contributed by atoms with E-state index in [1.807, 2.05) is 0 Å². The van der Waals surface area contributed by atoms with Crippen molar-refractivity contribution in [3.63, 3.8) is 0 Å². The predicted molar refractivity (Wildman–Crippen MR) is 67.0 cm³/mol. The first-order chi connectivity index (χ1) is 8.36. The van der Waals surface area contributed by atoms with Crippen LogP contribution in [0.2, 0.25) is 0 Å². The molecule has 0 aliphatic heterocycles. The van der Waals surface area contributed by atoms with Crippen LogP contribution in [-0.4, -0.2) is 11.1 Å². The number of nitrogens with two attached hydrogens (primary N) is 1. The lowest BCUT2D eigenvalue weighted by Crippen LogP contribution is -2.15. The fraction of sp³-hybridized carbons (Fsp3) is 0.643. The van der Waals surface area contributed by atoms with Crippen LogP contribution < -0.4 is 10.5 Å². The molecular formula is C14H20N2O. The van der Waals surface area contributed by atoms with Gasteiger partial charge in [-0.1, -0.05) is 0 Å². The zero-order chi connectivity index (χ0) is 11.7. The summed E-state index contributed by atoms with van der Waals surface area (Å²) < 4.78 is 6.03. The number of fused-ring (bicyclic) bond motifs is 1. The van der Waals surface area contributed by atoms with Gasteiger partial charge in [0.2, 0.25) is 5.88 Å². The molecule has 0 atom stereocenters. The Labute approximate surface area is 102 Å². The molecule has 2 N–H and O–H groups in total. The topological polar surface area (TPSA) is 48.1 Å². The first-order valence-electron chi connectivity index (χ1n) is 6.75. The van der Waals surface area contributed by atoms with Crippen molar-refractivity contribution in [1.82, 2.24) is 4.98 Å². The van der Waals surface area contributed by atoms with E-state index in [1.165, 1.54) is 43.4 Å². The molecule has 3 rings (SSSR count). The number of nitrogens with zero attached hydrogens (tertiary/aromatic N) is 1. The summed E-state index contributed by atoms with van der Waals surface area (Å²) in [5.74, 6) is 0.806. The van der Waals surface area contributed by atoms with E-state index in [0.29, 0.717) is 12.6 Å². The van der Waals surface area contributed by atoms with Crippen molar-refractivity contribution in [2.75, 3.05) is 0 Å². The van der Waals surface area contributed by atoms with Crippen molar-refractivity contribution in [2.45, 2.75) is 57.6 Å². The second kappa shape index (κ2) is 4.65. The van der Waals surface area contributed by atoms with E-state index >= 15 is 0 Å². The fourth-order valence-electron chi connectivity index (χ4n) is 2.91. The second-order valence-corrected chi connectivity index (χ2v) is 5.14. The lowest BCUT2D eigenvalue weighted by atomic mass is 10.1. The highest BCUT2D eigenvalue weighted by molar-refractivity contribution is 5.36. The van der Waals surface area contributed by atoms with E-state index in [-0.39, 0.29) is 0 Å². The Morgan fingerprint density at radius 3 is 2.82 bits per heavy atom. The highest BCUT2D eigenvalue weighted by Crippen LogP contribution is 2.29. The quantitative estimate of drug-likeness (QED) is 0.870. The normalized spacial score (nSPS) is 19.6. The van der Waals surface area contributed by atoms with Crippen molar-refractivity contribution in [1.29, 1.82) is 0 Å². The minimum atomic E-state index is 0.368. The SMILES string of the molecule is NCc1cc2c(nc1OC1CCCC1)CCC2. The Kier molecular flexibility index (Phi) is 3.02. The van der Waals surface area contributed by atoms with Gasteiger partial charge in [-0.15, -0.1) is 0 Å². The maximum atomic E-state index is 6.03. The van der Waals surface area contributed by atoms with Gasteiger partial charge < -0.3 is 10.5 Å². The molecule has 0 amide bonds. The summed E-state index contributed by atoms with van der Waals surface area (Å²) in [6.07, 6.45) is 8.75. The molecule has 3 nitrogen and oxygen atoms in total. The molecule has 0 spiro atoms. The maximum absolute atomic E-state index is 6.03. The minimum absolute atomic E-state index is 0.368. The highest BCUT2D eigenvalue weighted by atomic mass is 16.5. The summed E-state index contributed by atoms with van der Waals surface area (Å²) in [5, 5.41) is 0. The molecule has 92 valence electrons. The molecular weight excluding hydrogens is 212 g/mol. The van der Waals surface area contributed by atoms with Gasteiger partial charge >= 0.3 is 0 Å². The predicted octanol–water partition coefficient (Wildman–Crippen LogP) is 2.35. The number of aryl methyl sites for hydroxylation is 2. The van der Waals surface area contributed by atoms with Crippen molar-refractivity contribution >= 4 is 0 Å². The van der Waals surface area contributed by atoms with E-state index in [1.54, 1.807) is 0 Å². The molecule has 0 unspecified atom stereocenters. The van der Waals surface area contributed by atoms with Gasteiger partial charge in [0, 0.05) is 17.8 Å². The Morgan fingerprint density at radius 1 is 1.24 bits per heavy atom. The number of ether oxygens (including phenoxy) is 1. The average Bonchev–Trinajstić information content (AvgIpc) is 2.98. The molecule has 1 saturated carbocycles. The molecule has 0 bridgehead atoms. The van der Waals surface area contributed by atoms with Gasteiger partial charge in [-0.05, 0) is 56.6 Å². The third kappa shape index (κ3) is 2.16. The van der Waals surface area contributed by atoms with Gasteiger partial charge in [-0.3, -0.25) is 0 Å². The second-order valence-electron chi connectivity index (χ2n) is 5.14. The molecule has 17 heavy (non-hydrogen) atoms. The molecule has 0 saturated heterocycles. The van der Waals surface area contributed by atoms with Crippen LogP contribution in [0.4, 0.5) is 0 Å². The largest absolute Gasteiger partial charge is 0.474 e. The summed E-state index contributed by atoms with van der Waals surface area (Å²) in [4.78, 5) is 4.69. The van der Waals surface area contributed by atoms with Gasteiger partial charge in [-0.25, -0.2) is 4.98 Å². The monoisotopic (exact) mass is 232 g/mol. The van der Waals surface area contributed by atoms with Crippen LogP contribution in [0.25, 0.3) is 0 Å². The fourth-order valence-corrected chi connectivity index (χ4v) is 2.91. The van der Waals surface area contributed by atoms with Crippen molar-refractivity contribution in [3.8, 4) is 5.88 Å². The number of rotatable bonds is 3. The molecule has 1 fully saturated rings. The smallest absolute Gasteiger partial charge is 0.218 e. The van der Waals surface area contributed by atoms with E-state index in [2.05, 4.69) is 11.1 Å². The molecule has 0 radical (unpaired) electrons. The minimum Gasteiger partial charge on any atom is -0.474 e. The standard InChI is InChI=1S/C14H20N2O/c15-9-11-8-10-4-3-7-13(10)16-14(11)17-12-5-1-2-6-12/h8,12H,1-7,9,15H2. The van der Waals surface area contributed by atoms with E-state index < -0.39 is 0 Å². The molecule has 1 aromatic rings.